The molecule has 0 aliphatic carbocycles. The Labute approximate surface area is 210 Å². The van der Waals surface area contributed by atoms with Crippen molar-refractivity contribution in [1.29, 1.82) is 0 Å². The summed E-state index contributed by atoms with van der Waals surface area (Å²) in [6.45, 7) is 17.5. The highest BCUT2D eigenvalue weighted by Crippen LogP contribution is 2.32. The van der Waals surface area contributed by atoms with E-state index in [1.54, 1.807) is 0 Å². The van der Waals surface area contributed by atoms with Gasteiger partial charge in [0.1, 0.15) is 0 Å². The van der Waals surface area contributed by atoms with Gasteiger partial charge in [0, 0.05) is 13.1 Å². The minimum Gasteiger partial charge on any atom is -0.303 e. The van der Waals surface area contributed by atoms with Gasteiger partial charge in [0.05, 0.1) is 0 Å². The number of hydrogen-bond donors (Lipinski definition) is 0. The summed E-state index contributed by atoms with van der Waals surface area (Å²) in [6.07, 6.45) is 11.5. The van der Waals surface area contributed by atoms with E-state index in [1.807, 2.05) is 0 Å². The summed E-state index contributed by atoms with van der Waals surface area (Å²) in [5, 5.41) is 0. The zero-order valence-electron chi connectivity index (χ0n) is 22.5. The van der Waals surface area contributed by atoms with E-state index in [0.29, 0.717) is 5.92 Å². The van der Waals surface area contributed by atoms with Crippen LogP contribution in [-0.2, 0) is 6.42 Å². The third-order valence-corrected chi connectivity index (χ3v) is 8.05. The van der Waals surface area contributed by atoms with Gasteiger partial charge in [0.2, 0.25) is 0 Å². The molecule has 1 fully saturated rings. The molecular formula is C33H49N. The molecule has 1 aliphatic heterocycles. The van der Waals surface area contributed by atoms with Crippen LogP contribution in [0, 0.1) is 18.8 Å². The van der Waals surface area contributed by atoms with Crippen LogP contribution < -0.4 is 0 Å². The first-order valence-electron chi connectivity index (χ1n) is 14.0. The predicted molar refractivity (Wildman–Crippen MR) is 150 cm³/mol. The summed E-state index contributed by atoms with van der Waals surface area (Å²) in [7, 11) is 0. The first-order chi connectivity index (χ1) is 16.5. The Morgan fingerprint density at radius 2 is 1.74 bits per heavy atom. The first kappa shape index (κ1) is 26.7. The molecule has 2 aromatic rings. The second-order valence-corrected chi connectivity index (χ2v) is 11.1. The molecule has 34 heavy (non-hydrogen) atoms. The maximum atomic E-state index is 4.37. The van der Waals surface area contributed by atoms with E-state index in [0.717, 1.165) is 18.3 Å². The zero-order valence-corrected chi connectivity index (χ0v) is 22.5. The molecule has 186 valence electrons. The summed E-state index contributed by atoms with van der Waals surface area (Å²) < 4.78 is 0. The highest BCUT2D eigenvalue weighted by Gasteiger charge is 2.25. The number of hydrogen-bond acceptors (Lipinski definition) is 1. The van der Waals surface area contributed by atoms with Crippen LogP contribution in [0.5, 0.6) is 0 Å². The molecular weight excluding hydrogens is 410 g/mol. The van der Waals surface area contributed by atoms with Crippen molar-refractivity contribution in [2.45, 2.75) is 91.4 Å². The zero-order chi connectivity index (χ0) is 24.3. The Balaban J connectivity index is 1.55. The summed E-state index contributed by atoms with van der Waals surface area (Å²) in [6, 6.07) is 18.5. The molecule has 2 unspecified atom stereocenters. The second-order valence-electron chi connectivity index (χ2n) is 11.1. The third-order valence-electron chi connectivity index (χ3n) is 8.05. The van der Waals surface area contributed by atoms with Crippen LogP contribution in [0.2, 0.25) is 0 Å². The van der Waals surface area contributed by atoms with Crippen molar-refractivity contribution >= 4 is 5.57 Å². The molecule has 0 saturated carbocycles. The largest absolute Gasteiger partial charge is 0.303 e. The summed E-state index contributed by atoms with van der Waals surface area (Å²) in [5.74, 6) is 2.20. The molecule has 1 saturated heterocycles. The smallest absolute Gasteiger partial charge is 0.00155 e. The van der Waals surface area contributed by atoms with Gasteiger partial charge in [-0.2, -0.15) is 0 Å². The van der Waals surface area contributed by atoms with Gasteiger partial charge in [0.15, 0.2) is 0 Å². The van der Waals surface area contributed by atoms with Crippen molar-refractivity contribution in [2.24, 2.45) is 11.8 Å². The average molecular weight is 460 g/mol. The van der Waals surface area contributed by atoms with Crippen molar-refractivity contribution in [2.75, 3.05) is 19.6 Å². The Morgan fingerprint density at radius 3 is 2.38 bits per heavy atom. The Bertz CT molecular complexity index is 847. The lowest BCUT2D eigenvalue weighted by atomic mass is 9.83. The van der Waals surface area contributed by atoms with E-state index in [4.69, 9.17) is 0 Å². The Kier molecular flexibility index (Phi) is 10.9. The van der Waals surface area contributed by atoms with E-state index in [2.05, 4.69) is 87.7 Å². The molecule has 2 aromatic carbocycles. The van der Waals surface area contributed by atoms with Crippen molar-refractivity contribution < 1.29 is 0 Å². The van der Waals surface area contributed by atoms with E-state index in [-0.39, 0.29) is 0 Å². The van der Waals surface area contributed by atoms with E-state index >= 15 is 0 Å². The summed E-state index contributed by atoms with van der Waals surface area (Å²) in [4.78, 5) is 2.73. The number of aryl methyl sites for hydroxylation is 2. The fraction of sp³-hybridized carbons (Fsp3) is 0.576. The SMILES string of the molecule is C=C(CCCC[C@H](CN1CCC(C)C1)C(C)c1ccc(CCCCC)cc1)c1ccc(C)cc1. The van der Waals surface area contributed by atoms with Gasteiger partial charge in [-0.25, -0.2) is 0 Å². The quantitative estimate of drug-likeness (QED) is 0.255. The number of benzene rings is 2. The van der Waals surface area contributed by atoms with Gasteiger partial charge in [0.25, 0.3) is 0 Å². The topological polar surface area (TPSA) is 3.24 Å². The lowest BCUT2D eigenvalue weighted by molar-refractivity contribution is 0.238. The number of nitrogens with zero attached hydrogens (tertiary/aromatic N) is 1. The van der Waals surface area contributed by atoms with Crippen LogP contribution >= 0.6 is 0 Å². The van der Waals surface area contributed by atoms with Crippen molar-refractivity contribution in [1.82, 2.24) is 4.90 Å². The Hall–Kier alpha value is -1.86. The second kappa shape index (κ2) is 13.9. The van der Waals surface area contributed by atoms with Gasteiger partial charge < -0.3 is 4.90 Å². The van der Waals surface area contributed by atoms with E-state index in [9.17, 15) is 0 Å². The number of likely N-dealkylation sites (tertiary alicyclic amines) is 1. The minimum atomic E-state index is 0.612. The molecule has 1 heteroatoms. The first-order valence-corrected chi connectivity index (χ1v) is 14.0. The van der Waals surface area contributed by atoms with Gasteiger partial charge >= 0.3 is 0 Å². The molecule has 1 heterocycles. The molecule has 0 aromatic heterocycles. The molecule has 0 radical (unpaired) electrons. The number of allylic oxidation sites excluding steroid dienone is 1. The standard InChI is InChI=1S/C33H49N/c1-6-7-8-12-30-16-20-32(21-17-30)29(5)33(25-34-23-22-27(3)24-34)13-10-9-11-28(4)31-18-14-26(2)15-19-31/h14-21,27,29,33H,4,6-13,22-25H2,1-3,5H3/t27?,29?,33-/m1/s1. The maximum Gasteiger partial charge on any atom is 0.00155 e. The molecule has 0 amide bonds. The Morgan fingerprint density at radius 1 is 1.00 bits per heavy atom. The fourth-order valence-electron chi connectivity index (χ4n) is 5.54. The van der Waals surface area contributed by atoms with Crippen molar-refractivity contribution in [3.05, 3.63) is 77.4 Å². The highest BCUT2D eigenvalue weighted by molar-refractivity contribution is 5.63. The third kappa shape index (κ3) is 8.42. The van der Waals surface area contributed by atoms with Crippen molar-refractivity contribution in [3.8, 4) is 0 Å². The van der Waals surface area contributed by atoms with Crippen LogP contribution in [-0.4, -0.2) is 24.5 Å². The molecule has 0 N–H and O–H groups in total. The van der Waals surface area contributed by atoms with Gasteiger partial charge in [-0.05, 0) is 92.0 Å². The maximum absolute atomic E-state index is 4.37. The molecule has 3 atom stereocenters. The monoisotopic (exact) mass is 459 g/mol. The molecule has 0 spiro atoms. The highest BCUT2D eigenvalue weighted by atomic mass is 15.1. The average Bonchev–Trinajstić information content (AvgIpc) is 3.26. The van der Waals surface area contributed by atoms with Crippen LogP contribution in [0.25, 0.3) is 5.57 Å². The van der Waals surface area contributed by atoms with Crippen LogP contribution in [0.4, 0.5) is 0 Å². The predicted octanol–water partition coefficient (Wildman–Crippen LogP) is 9.06. The lowest BCUT2D eigenvalue weighted by Crippen LogP contribution is -2.30. The van der Waals surface area contributed by atoms with Crippen LogP contribution in [0.15, 0.2) is 55.1 Å². The molecule has 0 bridgehead atoms. The van der Waals surface area contributed by atoms with Gasteiger partial charge in [-0.15, -0.1) is 0 Å². The minimum absolute atomic E-state index is 0.612. The lowest BCUT2D eigenvalue weighted by Gasteiger charge is -2.29. The van der Waals surface area contributed by atoms with Gasteiger partial charge in [-0.1, -0.05) is 101 Å². The van der Waals surface area contributed by atoms with Crippen LogP contribution in [0.3, 0.4) is 0 Å². The number of rotatable bonds is 14. The molecule has 1 aliphatic rings. The normalized spacial score (nSPS) is 18.2. The summed E-state index contributed by atoms with van der Waals surface area (Å²) in [5.41, 5.74) is 6.94. The molecule has 3 rings (SSSR count). The van der Waals surface area contributed by atoms with Crippen LogP contribution in [0.1, 0.15) is 100 Å². The van der Waals surface area contributed by atoms with Gasteiger partial charge in [-0.3, -0.25) is 0 Å². The van der Waals surface area contributed by atoms with E-state index in [1.165, 1.54) is 98.8 Å². The fourth-order valence-corrected chi connectivity index (χ4v) is 5.54. The number of unbranched alkanes of at least 4 members (excludes halogenated alkanes) is 3. The van der Waals surface area contributed by atoms with E-state index < -0.39 is 0 Å². The summed E-state index contributed by atoms with van der Waals surface area (Å²) >= 11 is 0. The van der Waals surface area contributed by atoms with Crippen molar-refractivity contribution in [3.63, 3.8) is 0 Å². The molecule has 1 nitrogen and oxygen atoms in total.